The molecule has 3 heterocycles. The predicted octanol–water partition coefficient (Wildman–Crippen LogP) is 3.57. The largest absolute Gasteiger partial charge is 0.493 e. The van der Waals surface area contributed by atoms with Gasteiger partial charge >= 0.3 is 6.03 Å². The van der Waals surface area contributed by atoms with Gasteiger partial charge in [-0.3, -0.25) is 0 Å². The molecule has 0 aliphatic heterocycles. The molecule has 168 valence electrons. The summed E-state index contributed by atoms with van der Waals surface area (Å²) in [7, 11) is 3.02. The third kappa shape index (κ3) is 4.76. The standard InChI is InChI=1S/C19H22ClN9O3/c1-6-24-29(21-3)18-14(32-5)7-12(9-23-18)25-19(30)26-13-10-22-16-8-15(20)27-28(16)17(13)11(2)31-4/h6-11H,3H2,1-2,4-5H3,(H2,25,26,30)/b24-6-/t11-/m0/s1. The fourth-order valence-corrected chi connectivity index (χ4v) is 3.05. The number of fused-ring (bicyclic) bond motifs is 1. The van der Waals surface area contributed by atoms with Crippen molar-refractivity contribution in [2.45, 2.75) is 20.0 Å². The molecule has 12 nitrogen and oxygen atoms in total. The first-order valence-corrected chi connectivity index (χ1v) is 9.74. The number of pyridine rings is 1. The van der Waals surface area contributed by atoms with Gasteiger partial charge in [-0.25, -0.2) is 19.3 Å². The third-order valence-electron chi connectivity index (χ3n) is 4.34. The molecule has 0 unspecified atom stereocenters. The molecule has 0 aliphatic carbocycles. The summed E-state index contributed by atoms with van der Waals surface area (Å²) in [6.45, 7) is 7.00. The Bertz CT molecular complexity index is 1160. The zero-order valence-corrected chi connectivity index (χ0v) is 18.7. The average molecular weight is 460 g/mol. The fourth-order valence-electron chi connectivity index (χ4n) is 2.88. The topological polar surface area (TPSA) is 131 Å². The van der Waals surface area contributed by atoms with Gasteiger partial charge in [0, 0.05) is 32.2 Å². The molecule has 2 N–H and O–H groups in total. The minimum absolute atomic E-state index is 0.275. The number of nitrogens with zero attached hydrogens (tertiary/aromatic N) is 7. The number of aromatic nitrogens is 4. The Morgan fingerprint density at radius 2 is 2.09 bits per heavy atom. The Kier molecular flexibility index (Phi) is 7.18. The summed E-state index contributed by atoms with van der Waals surface area (Å²) < 4.78 is 12.3. The molecule has 0 aromatic carbocycles. The van der Waals surface area contributed by atoms with E-state index in [0.29, 0.717) is 34.3 Å². The first-order chi connectivity index (χ1) is 15.4. The van der Waals surface area contributed by atoms with E-state index in [1.165, 1.54) is 35.4 Å². The zero-order chi connectivity index (χ0) is 23.3. The van der Waals surface area contributed by atoms with Gasteiger partial charge < -0.3 is 20.1 Å². The summed E-state index contributed by atoms with van der Waals surface area (Å²) in [5.41, 5.74) is 1.89. The van der Waals surface area contributed by atoms with E-state index in [1.807, 2.05) is 6.92 Å². The van der Waals surface area contributed by atoms with Gasteiger partial charge in [-0.15, -0.1) is 5.12 Å². The van der Waals surface area contributed by atoms with Crippen molar-refractivity contribution in [2.75, 3.05) is 30.0 Å². The van der Waals surface area contributed by atoms with Crippen molar-refractivity contribution in [3.8, 4) is 5.75 Å². The molecule has 3 aromatic rings. The SMILES string of the molecule is C=NN(/N=C\C)c1ncc(NC(=O)Nc2cnc3cc(Cl)nn3c2[C@H](C)OC)cc1OC. The quantitative estimate of drug-likeness (QED) is 0.389. The summed E-state index contributed by atoms with van der Waals surface area (Å²) in [6, 6.07) is 2.66. The Labute approximate surface area is 188 Å². The highest BCUT2D eigenvalue weighted by Gasteiger charge is 2.20. The lowest BCUT2D eigenvalue weighted by Crippen LogP contribution is -2.22. The summed E-state index contributed by atoms with van der Waals surface area (Å²) in [4.78, 5) is 21.2. The number of hydrogen-bond acceptors (Lipinski definition) is 9. The lowest BCUT2D eigenvalue weighted by Gasteiger charge is -2.18. The predicted molar refractivity (Wildman–Crippen MR) is 123 cm³/mol. The van der Waals surface area contributed by atoms with E-state index in [0.717, 1.165) is 0 Å². The van der Waals surface area contributed by atoms with Crippen LogP contribution in [0.1, 0.15) is 25.6 Å². The van der Waals surface area contributed by atoms with Crippen molar-refractivity contribution in [1.29, 1.82) is 0 Å². The second-order valence-electron chi connectivity index (χ2n) is 6.31. The Morgan fingerprint density at radius 1 is 1.31 bits per heavy atom. The minimum atomic E-state index is -0.532. The number of carbonyl (C=O) groups is 1. The highest BCUT2D eigenvalue weighted by atomic mass is 35.5. The van der Waals surface area contributed by atoms with E-state index in [2.05, 4.69) is 42.6 Å². The molecular weight excluding hydrogens is 438 g/mol. The number of rotatable bonds is 8. The molecular formula is C19H22ClN9O3. The molecule has 0 saturated heterocycles. The van der Waals surface area contributed by atoms with Crippen LogP contribution in [0.5, 0.6) is 5.75 Å². The van der Waals surface area contributed by atoms with Gasteiger partial charge in [0.05, 0.1) is 42.7 Å². The molecule has 3 aromatic heterocycles. The van der Waals surface area contributed by atoms with E-state index < -0.39 is 12.1 Å². The van der Waals surface area contributed by atoms with Crippen LogP contribution in [-0.2, 0) is 4.74 Å². The molecule has 0 aliphatic rings. The number of carbonyl (C=O) groups excluding carboxylic acids is 1. The molecule has 0 radical (unpaired) electrons. The number of ether oxygens (including phenoxy) is 2. The van der Waals surface area contributed by atoms with E-state index >= 15 is 0 Å². The van der Waals surface area contributed by atoms with Gasteiger partial charge in [-0.2, -0.15) is 15.3 Å². The van der Waals surface area contributed by atoms with E-state index in [-0.39, 0.29) is 5.15 Å². The van der Waals surface area contributed by atoms with Crippen LogP contribution in [-0.4, -0.2) is 52.8 Å². The zero-order valence-electron chi connectivity index (χ0n) is 17.9. The lowest BCUT2D eigenvalue weighted by molar-refractivity contribution is 0.114. The van der Waals surface area contributed by atoms with Crippen LogP contribution in [0.3, 0.4) is 0 Å². The van der Waals surface area contributed by atoms with Crippen LogP contribution >= 0.6 is 11.6 Å². The van der Waals surface area contributed by atoms with Gasteiger partial charge in [-0.1, -0.05) is 11.6 Å². The third-order valence-corrected chi connectivity index (χ3v) is 4.52. The molecule has 0 bridgehead atoms. The molecule has 1 atom stereocenters. The van der Waals surface area contributed by atoms with Gasteiger partial charge in [0.15, 0.2) is 16.5 Å². The highest BCUT2D eigenvalue weighted by molar-refractivity contribution is 6.29. The van der Waals surface area contributed by atoms with Crippen molar-refractivity contribution in [3.63, 3.8) is 0 Å². The van der Waals surface area contributed by atoms with Crippen LogP contribution < -0.4 is 20.5 Å². The van der Waals surface area contributed by atoms with Crippen LogP contribution in [0.15, 0.2) is 34.7 Å². The molecule has 13 heteroatoms. The number of anilines is 3. The monoisotopic (exact) mass is 459 g/mol. The summed E-state index contributed by atoms with van der Waals surface area (Å²) >= 11 is 6.01. The number of halogens is 1. The Hall–Kier alpha value is -3.77. The number of nitrogens with one attached hydrogen (secondary N) is 2. The first-order valence-electron chi connectivity index (χ1n) is 9.36. The minimum Gasteiger partial charge on any atom is -0.493 e. The van der Waals surface area contributed by atoms with Crippen molar-refractivity contribution < 1.29 is 14.3 Å². The van der Waals surface area contributed by atoms with Crippen molar-refractivity contribution >= 4 is 53.4 Å². The van der Waals surface area contributed by atoms with E-state index in [4.69, 9.17) is 21.1 Å². The van der Waals surface area contributed by atoms with Crippen LogP contribution in [0.25, 0.3) is 5.65 Å². The van der Waals surface area contributed by atoms with E-state index in [9.17, 15) is 4.79 Å². The molecule has 0 fully saturated rings. The Morgan fingerprint density at radius 3 is 2.75 bits per heavy atom. The second kappa shape index (κ2) is 10.0. The molecule has 3 rings (SSSR count). The number of methoxy groups -OCH3 is 2. The fraction of sp³-hybridized carbons (Fsp3) is 0.263. The Balaban J connectivity index is 1.86. The molecule has 2 amide bonds. The van der Waals surface area contributed by atoms with Crippen LogP contribution in [0.2, 0.25) is 5.15 Å². The van der Waals surface area contributed by atoms with E-state index in [1.54, 1.807) is 26.2 Å². The van der Waals surface area contributed by atoms with Crippen molar-refractivity contribution in [1.82, 2.24) is 19.6 Å². The summed E-state index contributed by atoms with van der Waals surface area (Å²) in [5.74, 6) is 0.650. The second-order valence-corrected chi connectivity index (χ2v) is 6.69. The maximum atomic E-state index is 12.7. The number of amides is 2. The summed E-state index contributed by atoms with van der Waals surface area (Å²) in [5, 5.41) is 19.0. The van der Waals surface area contributed by atoms with Gasteiger partial charge in [0.2, 0.25) is 5.82 Å². The molecule has 0 spiro atoms. The van der Waals surface area contributed by atoms with Crippen molar-refractivity contribution in [3.05, 3.63) is 35.4 Å². The van der Waals surface area contributed by atoms with Gasteiger partial charge in [-0.05, 0) is 13.8 Å². The normalized spacial score (nSPS) is 12.0. The molecule has 32 heavy (non-hydrogen) atoms. The lowest BCUT2D eigenvalue weighted by atomic mass is 10.2. The summed E-state index contributed by atoms with van der Waals surface area (Å²) in [6.07, 6.45) is 4.08. The van der Waals surface area contributed by atoms with Crippen LogP contribution in [0, 0.1) is 0 Å². The molecule has 0 saturated carbocycles. The highest BCUT2D eigenvalue weighted by Crippen LogP contribution is 2.30. The van der Waals surface area contributed by atoms with Crippen molar-refractivity contribution in [2.24, 2.45) is 10.2 Å². The smallest absolute Gasteiger partial charge is 0.323 e. The number of urea groups is 1. The van der Waals surface area contributed by atoms with Gasteiger partial charge in [0.25, 0.3) is 0 Å². The average Bonchev–Trinajstić information content (AvgIpc) is 3.17. The van der Waals surface area contributed by atoms with Crippen LogP contribution in [0.4, 0.5) is 22.0 Å². The van der Waals surface area contributed by atoms with Gasteiger partial charge in [0.1, 0.15) is 0 Å². The number of hydrogen-bond donors (Lipinski definition) is 2. The first kappa shape index (κ1) is 22.9. The maximum absolute atomic E-state index is 12.7. The number of hydrazone groups is 2. The maximum Gasteiger partial charge on any atom is 0.323 e.